The van der Waals surface area contributed by atoms with Crippen molar-refractivity contribution >= 4 is 17.1 Å². The number of aliphatic hydroxyl groups excluding tert-OH is 1. The number of H-pyrrole nitrogens is 1. The van der Waals surface area contributed by atoms with Crippen LogP contribution in [0, 0.1) is 0 Å². The number of hydrogen-bond donors (Lipinski definition) is 4. The Balaban J connectivity index is 1.24. The van der Waals surface area contributed by atoms with Crippen molar-refractivity contribution in [1.29, 1.82) is 0 Å². The molecule has 0 fully saturated rings. The molecule has 0 bridgehead atoms. The molecule has 158 valence electrons. The number of para-hydroxylation sites is 1. The van der Waals surface area contributed by atoms with Crippen molar-refractivity contribution in [2.75, 3.05) is 19.7 Å². The molecule has 1 aliphatic rings. The number of aromatic nitrogens is 1. The van der Waals surface area contributed by atoms with Gasteiger partial charge in [-0.15, -0.1) is 0 Å². The molecule has 0 amide bonds. The fourth-order valence-corrected chi connectivity index (χ4v) is 3.79. The van der Waals surface area contributed by atoms with E-state index in [1.165, 1.54) is 10.9 Å². The summed E-state index contributed by atoms with van der Waals surface area (Å²) < 4.78 is 5.76. The first-order chi connectivity index (χ1) is 14.5. The van der Waals surface area contributed by atoms with Crippen molar-refractivity contribution < 1.29 is 9.84 Å². The van der Waals surface area contributed by atoms with Gasteiger partial charge in [-0.1, -0.05) is 30.3 Å². The van der Waals surface area contributed by atoms with Gasteiger partial charge in [0.1, 0.15) is 24.6 Å². The number of β-amino-alcohol motifs (C(OH)–C–C–N with tert-alkyl or cyclic N) is 1. The van der Waals surface area contributed by atoms with Gasteiger partial charge in [0, 0.05) is 41.9 Å². The van der Waals surface area contributed by atoms with E-state index in [9.17, 15) is 5.11 Å². The molecule has 2 aromatic carbocycles. The first kappa shape index (κ1) is 20.6. The lowest BCUT2D eigenvalue weighted by atomic mass is 9.94. The third kappa shape index (κ3) is 5.08. The van der Waals surface area contributed by atoms with Crippen molar-refractivity contribution in [3.8, 4) is 5.75 Å². The predicted molar refractivity (Wildman–Crippen MR) is 121 cm³/mol. The number of nitrogens with zero attached hydrogens (tertiary/aromatic N) is 1. The number of rotatable bonds is 9. The lowest BCUT2D eigenvalue weighted by Crippen LogP contribution is -2.46. The van der Waals surface area contributed by atoms with E-state index in [1.807, 2.05) is 36.5 Å². The summed E-state index contributed by atoms with van der Waals surface area (Å²) in [6.07, 6.45) is 4.27. The second-order valence-corrected chi connectivity index (χ2v) is 8.48. The van der Waals surface area contributed by atoms with Gasteiger partial charge in [-0.25, -0.2) is 0 Å². The molecule has 1 aliphatic heterocycles. The van der Waals surface area contributed by atoms with Crippen LogP contribution in [0.3, 0.4) is 0 Å². The van der Waals surface area contributed by atoms with Gasteiger partial charge >= 0.3 is 0 Å². The highest BCUT2D eigenvalue weighted by Crippen LogP contribution is 2.23. The molecule has 3 aromatic rings. The van der Waals surface area contributed by atoms with Crippen LogP contribution >= 0.6 is 0 Å². The summed E-state index contributed by atoms with van der Waals surface area (Å²) in [5.74, 6) is 0.748. The number of aliphatic imine (C=N–C) groups is 1. The smallest absolute Gasteiger partial charge is 0.125 e. The van der Waals surface area contributed by atoms with Gasteiger partial charge in [-0.05, 0) is 49.6 Å². The quantitative estimate of drug-likeness (QED) is 0.440. The Morgan fingerprint density at radius 1 is 1.20 bits per heavy atom. The van der Waals surface area contributed by atoms with Crippen molar-refractivity contribution in [1.82, 2.24) is 15.6 Å². The summed E-state index contributed by atoms with van der Waals surface area (Å²) in [6, 6.07) is 16.2. The van der Waals surface area contributed by atoms with E-state index < -0.39 is 6.10 Å². The third-order valence-electron chi connectivity index (χ3n) is 5.42. The second kappa shape index (κ2) is 9.00. The van der Waals surface area contributed by atoms with Crippen LogP contribution in [0.5, 0.6) is 5.75 Å². The summed E-state index contributed by atoms with van der Waals surface area (Å²) in [6.45, 7) is 5.82. The molecule has 2 atom stereocenters. The average molecular weight is 407 g/mol. The SMILES string of the molecule is CC(C)(Cc1c[nH]c2ccccc12)NC[C@H](O)COc1ccc(C2N=CCN2)cc1. The number of hydrogen-bond acceptors (Lipinski definition) is 5. The number of aromatic amines is 1. The molecular formula is C24H30N4O2. The molecule has 4 N–H and O–H groups in total. The molecular weight excluding hydrogens is 376 g/mol. The first-order valence-corrected chi connectivity index (χ1v) is 10.5. The first-order valence-electron chi connectivity index (χ1n) is 10.5. The topological polar surface area (TPSA) is 81.7 Å². The highest BCUT2D eigenvalue weighted by atomic mass is 16.5. The Morgan fingerprint density at radius 3 is 2.77 bits per heavy atom. The molecule has 4 rings (SSSR count). The highest BCUT2D eigenvalue weighted by Gasteiger charge is 2.21. The Morgan fingerprint density at radius 2 is 2.00 bits per heavy atom. The Labute approximate surface area is 177 Å². The summed E-state index contributed by atoms with van der Waals surface area (Å²) >= 11 is 0. The standard InChI is InChI=1S/C24H30N4O2/c1-24(2,13-18-14-27-22-6-4-3-5-21(18)22)28-15-19(29)16-30-20-9-7-17(8-10-20)23-25-11-12-26-23/h3-11,14,19,23,26-29H,12-13,15-16H2,1-2H3/t19-,23?/m0/s1. The van der Waals surface area contributed by atoms with Crippen LogP contribution in [0.25, 0.3) is 10.9 Å². The van der Waals surface area contributed by atoms with Gasteiger partial charge in [0.15, 0.2) is 0 Å². The van der Waals surface area contributed by atoms with E-state index in [2.05, 4.69) is 58.9 Å². The van der Waals surface area contributed by atoms with Gasteiger partial charge in [-0.2, -0.15) is 0 Å². The minimum Gasteiger partial charge on any atom is -0.491 e. The predicted octanol–water partition coefficient (Wildman–Crippen LogP) is 3.19. The molecule has 6 heteroatoms. The molecule has 0 aliphatic carbocycles. The molecule has 1 unspecified atom stereocenters. The van der Waals surface area contributed by atoms with Crippen molar-refractivity contribution in [3.05, 3.63) is 65.9 Å². The number of fused-ring (bicyclic) bond motifs is 1. The maximum Gasteiger partial charge on any atom is 0.125 e. The van der Waals surface area contributed by atoms with Crippen LogP contribution in [0.15, 0.2) is 59.7 Å². The Hall–Kier alpha value is -2.67. The summed E-state index contributed by atoms with van der Waals surface area (Å²) in [5, 5.41) is 18.4. The van der Waals surface area contributed by atoms with Gasteiger partial charge < -0.3 is 20.1 Å². The van der Waals surface area contributed by atoms with Gasteiger partial charge in [0.25, 0.3) is 0 Å². The number of nitrogens with one attached hydrogen (secondary N) is 3. The van der Waals surface area contributed by atoms with E-state index in [0.29, 0.717) is 6.54 Å². The Bertz CT molecular complexity index is 994. The van der Waals surface area contributed by atoms with E-state index in [0.717, 1.165) is 29.8 Å². The number of ether oxygens (including phenoxy) is 1. The van der Waals surface area contributed by atoms with Gasteiger partial charge in [0.2, 0.25) is 0 Å². The van der Waals surface area contributed by atoms with Crippen LogP contribution < -0.4 is 15.4 Å². The normalized spacial score (nSPS) is 17.5. The molecule has 0 spiro atoms. The molecule has 30 heavy (non-hydrogen) atoms. The summed E-state index contributed by atoms with van der Waals surface area (Å²) in [4.78, 5) is 7.70. The van der Waals surface area contributed by atoms with Crippen LogP contribution in [-0.4, -0.2) is 47.6 Å². The van der Waals surface area contributed by atoms with E-state index in [-0.39, 0.29) is 18.3 Å². The van der Waals surface area contributed by atoms with E-state index >= 15 is 0 Å². The fraction of sp³-hybridized carbons (Fsp3) is 0.375. The van der Waals surface area contributed by atoms with Crippen molar-refractivity contribution in [3.63, 3.8) is 0 Å². The minimum atomic E-state index is -0.590. The zero-order chi connectivity index (χ0) is 21.0. The van der Waals surface area contributed by atoms with Gasteiger partial charge in [-0.3, -0.25) is 10.3 Å². The van der Waals surface area contributed by atoms with Crippen LogP contribution in [-0.2, 0) is 6.42 Å². The van der Waals surface area contributed by atoms with Gasteiger partial charge in [0.05, 0.1) is 0 Å². The lowest BCUT2D eigenvalue weighted by molar-refractivity contribution is 0.0988. The molecule has 0 saturated carbocycles. The average Bonchev–Trinajstić information content (AvgIpc) is 3.42. The second-order valence-electron chi connectivity index (χ2n) is 8.48. The molecule has 0 saturated heterocycles. The molecule has 2 heterocycles. The zero-order valence-electron chi connectivity index (χ0n) is 17.6. The van der Waals surface area contributed by atoms with Crippen LogP contribution in [0.1, 0.15) is 31.1 Å². The van der Waals surface area contributed by atoms with Crippen molar-refractivity contribution in [2.45, 2.75) is 38.1 Å². The van der Waals surface area contributed by atoms with E-state index in [1.54, 1.807) is 0 Å². The molecule has 6 nitrogen and oxygen atoms in total. The number of aliphatic hydroxyl groups is 1. The minimum absolute atomic E-state index is 0.0354. The maximum absolute atomic E-state index is 10.4. The summed E-state index contributed by atoms with van der Waals surface area (Å²) in [7, 11) is 0. The molecule has 0 radical (unpaired) electrons. The molecule has 1 aromatic heterocycles. The third-order valence-corrected chi connectivity index (χ3v) is 5.42. The van der Waals surface area contributed by atoms with Crippen molar-refractivity contribution in [2.24, 2.45) is 4.99 Å². The number of benzene rings is 2. The highest BCUT2D eigenvalue weighted by molar-refractivity contribution is 5.83. The lowest BCUT2D eigenvalue weighted by Gasteiger charge is -2.28. The van der Waals surface area contributed by atoms with E-state index in [4.69, 9.17) is 4.74 Å². The Kier molecular flexibility index (Phi) is 6.18. The monoisotopic (exact) mass is 406 g/mol. The maximum atomic E-state index is 10.4. The van der Waals surface area contributed by atoms with Crippen LogP contribution in [0.4, 0.5) is 0 Å². The zero-order valence-corrected chi connectivity index (χ0v) is 17.6. The van der Waals surface area contributed by atoms with Crippen LogP contribution in [0.2, 0.25) is 0 Å². The summed E-state index contributed by atoms with van der Waals surface area (Å²) in [5.41, 5.74) is 3.38. The largest absolute Gasteiger partial charge is 0.491 e. The fourth-order valence-electron chi connectivity index (χ4n) is 3.79.